The molecule has 0 spiro atoms. The summed E-state index contributed by atoms with van der Waals surface area (Å²) >= 11 is 5.49. The summed E-state index contributed by atoms with van der Waals surface area (Å²) in [6, 6.07) is 2.51. The van der Waals surface area contributed by atoms with Crippen LogP contribution in [-0.2, 0) is 11.2 Å². The second-order valence-electron chi connectivity index (χ2n) is 3.45. The number of halogens is 4. The zero-order chi connectivity index (χ0) is 13.9. The fourth-order valence-corrected chi connectivity index (χ4v) is 2.03. The molecule has 0 saturated heterocycles. The van der Waals surface area contributed by atoms with Crippen LogP contribution >= 0.6 is 23.4 Å². The molecule has 0 aliphatic carbocycles. The van der Waals surface area contributed by atoms with E-state index in [0.717, 1.165) is 0 Å². The fraction of sp³-hybridized carbons (Fsp3) is 0.300. The van der Waals surface area contributed by atoms with Gasteiger partial charge in [0.15, 0.2) is 0 Å². The normalized spacial score (nSPS) is 13.4. The van der Waals surface area contributed by atoms with Crippen molar-refractivity contribution in [1.82, 2.24) is 0 Å². The summed E-state index contributed by atoms with van der Waals surface area (Å²) in [6.07, 6.45) is -0.125. The van der Waals surface area contributed by atoms with Gasteiger partial charge in [-0.15, -0.1) is 0 Å². The molecule has 18 heavy (non-hydrogen) atoms. The number of carboxylic acids is 1. The number of hydrogen-bond donors (Lipinski definition) is 2. The molecule has 8 heteroatoms. The van der Waals surface area contributed by atoms with Gasteiger partial charge in [0.2, 0.25) is 0 Å². The highest BCUT2D eigenvalue weighted by Crippen LogP contribution is 2.38. The molecule has 1 rings (SSSR count). The van der Waals surface area contributed by atoms with E-state index in [1.807, 2.05) is 0 Å². The number of thioether (sulfide) groups is 1. The molecule has 1 unspecified atom stereocenters. The highest BCUT2D eigenvalue weighted by molar-refractivity contribution is 8.00. The van der Waals surface area contributed by atoms with Gasteiger partial charge in [0.1, 0.15) is 6.04 Å². The number of benzene rings is 1. The molecular formula is C10H9ClF3NO2S. The Bertz CT molecular complexity index is 453. The quantitative estimate of drug-likeness (QED) is 0.839. The van der Waals surface area contributed by atoms with Crippen molar-refractivity contribution < 1.29 is 23.1 Å². The molecule has 0 heterocycles. The Labute approximate surface area is 110 Å². The summed E-state index contributed by atoms with van der Waals surface area (Å²) < 4.78 is 36.5. The minimum absolute atomic E-state index is 0.0560. The topological polar surface area (TPSA) is 63.3 Å². The maximum absolute atomic E-state index is 12.2. The summed E-state index contributed by atoms with van der Waals surface area (Å²) in [4.78, 5) is 10.5. The van der Waals surface area contributed by atoms with Crippen molar-refractivity contribution in [1.29, 1.82) is 0 Å². The van der Waals surface area contributed by atoms with Crippen LogP contribution < -0.4 is 5.73 Å². The number of nitrogens with two attached hydrogens (primary N) is 1. The molecule has 3 N–H and O–H groups in total. The first kappa shape index (κ1) is 15.1. The summed E-state index contributed by atoms with van der Waals surface area (Å²) in [5.74, 6) is -1.24. The Hall–Kier alpha value is -0.920. The molecule has 1 aromatic carbocycles. The Morgan fingerprint density at radius 2 is 2.11 bits per heavy atom. The van der Waals surface area contributed by atoms with Crippen LogP contribution in [0, 0.1) is 0 Å². The molecule has 0 aliphatic rings. The fourth-order valence-electron chi connectivity index (χ4n) is 1.23. The van der Waals surface area contributed by atoms with Crippen molar-refractivity contribution >= 4 is 29.3 Å². The Morgan fingerprint density at radius 1 is 1.50 bits per heavy atom. The number of hydrogen-bond acceptors (Lipinski definition) is 3. The van der Waals surface area contributed by atoms with Crippen LogP contribution in [0.15, 0.2) is 23.1 Å². The third kappa shape index (κ3) is 4.75. The summed E-state index contributed by atoms with van der Waals surface area (Å²) in [6.45, 7) is 0. The van der Waals surface area contributed by atoms with Gasteiger partial charge < -0.3 is 10.8 Å². The minimum Gasteiger partial charge on any atom is -0.480 e. The number of rotatable bonds is 4. The molecule has 0 aliphatic heterocycles. The summed E-state index contributed by atoms with van der Waals surface area (Å²) in [5, 5.41) is 8.83. The van der Waals surface area contributed by atoms with Crippen molar-refractivity contribution in [3.8, 4) is 0 Å². The number of alkyl halides is 3. The zero-order valence-electron chi connectivity index (χ0n) is 8.87. The SMILES string of the molecule is NC(Cc1cc(SC(F)(F)F)ccc1Cl)C(=O)O. The van der Waals surface area contributed by atoms with Crippen molar-refractivity contribution in [3.05, 3.63) is 28.8 Å². The average molecular weight is 300 g/mol. The van der Waals surface area contributed by atoms with E-state index in [-0.39, 0.29) is 33.7 Å². The average Bonchev–Trinajstić information content (AvgIpc) is 2.20. The molecular weight excluding hydrogens is 291 g/mol. The Balaban J connectivity index is 2.91. The number of carboxylic acid groups (broad SMARTS) is 1. The number of aliphatic carboxylic acids is 1. The van der Waals surface area contributed by atoms with E-state index in [1.54, 1.807) is 0 Å². The van der Waals surface area contributed by atoms with Gasteiger partial charge >= 0.3 is 11.5 Å². The molecule has 100 valence electrons. The van der Waals surface area contributed by atoms with Crippen molar-refractivity contribution in [2.45, 2.75) is 22.9 Å². The highest BCUT2D eigenvalue weighted by atomic mass is 35.5. The van der Waals surface area contributed by atoms with Gasteiger partial charge in [-0.2, -0.15) is 13.2 Å². The van der Waals surface area contributed by atoms with E-state index in [9.17, 15) is 18.0 Å². The van der Waals surface area contributed by atoms with Crippen LogP contribution in [0.5, 0.6) is 0 Å². The molecule has 1 aromatic rings. The molecule has 3 nitrogen and oxygen atoms in total. The first-order valence-corrected chi connectivity index (χ1v) is 5.91. The molecule has 0 amide bonds. The minimum atomic E-state index is -4.40. The predicted molar refractivity (Wildman–Crippen MR) is 62.7 cm³/mol. The van der Waals surface area contributed by atoms with Gasteiger partial charge in [-0.3, -0.25) is 4.79 Å². The van der Waals surface area contributed by atoms with Crippen LogP contribution in [0.3, 0.4) is 0 Å². The van der Waals surface area contributed by atoms with Crippen LogP contribution in [-0.4, -0.2) is 22.6 Å². The van der Waals surface area contributed by atoms with Gasteiger partial charge in [0, 0.05) is 9.92 Å². The van der Waals surface area contributed by atoms with Crippen molar-refractivity contribution in [3.63, 3.8) is 0 Å². The lowest BCUT2D eigenvalue weighted by Crippen LogP contribution is -2.32. The highest BCUT2D eigenvalue weighted by Gasteiger charge is 2.29. The molecule has 1 atom stereocenters. The first-order valence-electron chi connectivity index (χ1n) is 4.71. The van der Waals surface area contributed by atoms with Crippen LogP contribution in [0.4, 0.5) is 13.2 Å². The maximum atomic E-state index is 12.2. The second kappa shape index (κ2) is 5.81. The predicted octanol–water partition coefficient (Wildman–Crippen LogP) is 2.91. The van der Waals surface area contributed by atoms with E-state index < -0.39 is 17.5 Å². The second-order valence-corrected chi connectivity index (χ2v) is 5.00. The standard InChI is InChI=1S/C10H9ClF3NO2S/c11-7-2-1-6(18-10(12,13)14)3-5(7)4-8(15)9(16)17/h1-3,8H,4,15H2,(H,16,17). The lowest BCUT2D eigenvalue weighted by molar-refractivity contribution is -0.138. The Morgan fingerprint density at radius 3 is 2.61 bits per heavy atom. The van der Waals surface area contributed by atoms with Gasteiger partial charge in [-0.1, -0.05) is 11.6 Å². The molecule has 0 radical (unpaired) electrons. The molecule has 0 saturated carbocycles. The van der Waals surface area contributed by atoms with E-state index in [2.05, 4.69) is 0 Å². The summed E-state index contributed by atoms with van der Waals surface area (Å²) in [7, 11) is 0. The smallest absolute Gasteiger partial charge is 0.446 e. The maximum Gasteiger partial charge on any atom is 0.446 e. The third-order valence-corrected chi connectivity index (χ3v) is 3.10. The largest absolute Gasteiger partial charge is 0.480 e. The summed E-state index contributed by atoms with van der Waals surface area (Å²) in [5.41, 5.74) is 1.18. The molecule has 0 bridgehead atoms. The van der Waals surface area contributed by atoms with Crippen LogP contribution in [0.25, 0.3) is 0 Å². The molecule has 0 fully saturated rings. The van der Waals surface area contributed by atoms with Gasteiger partial charge in [-0.05, 0) is 41.9 Å². The van der Waals surface area contributed by atoms with E-state index in [0.29, 0.717) is 0 Å². The van der Waals surface area contributed by atoms with E-state index >= 15 is 0 Å². The van der Waals surface area contributed by atoms with Crippen molar-refractivity contribution in [2.75, 3.05) is 0 Å². The van der Waals surface area contributed by atoms with Crippen LogP contribution in [0.1, 0.15) is 5.56 Å². The van der Waals surface area contributed by atoms with Gasteiger partial charge in [0.25, 0.3) is 0 Å². The van der Waals surface area contributed by atoms with E-state index in [4.69, 9.17) is 22.4 Å². The van der Waals surface area contributed by atoms with Gasteiger partial charge in [0.05, 0.1) is 0 Å². The molecule has 0 aromatic heterocycles. The zero-order valence-corrected chi connectivity index (χ0v) is 10.4. The monoisotopic (exact) mass is 299 g/mol. The van der Waals surface area contributed by atoms with Gasteiger partial charge in [-0.25, -0.2) is 0 Å². The van der Waals surface area contributed by atoms with Crippen molar-refractivity contribution in [2.24, 2.45) is 5.73 Å². The Kier molecular flexibility index (Phi) is 4.89. The van der Waals surface area contributed by atoms with Crippen LogP contribution in [0.2, 0.25) is 5.02 Å². The van der Waals surface area contributed by atoms with E-state index in [1.165, 1.54) is 18.2 Å². The third-order valence-electron chi connectivity index (χ3n) is 2.01. The lowest BCUT2D eigenvalue weighted by atomic mass is 10.1. The first-order chi connectivity index (χ1) is 8.19. The lowest BCUT2D eigenvalue weighted by Gasteiger charge is -2.11. The number of carbonyl (C=O) groups is 1.